The van der Waals surface area contributed by atoms with Crippen LogP contribution in [-0.2, 0) is 13.2 Å². The van der Waals surface area contributed by atoms with Crippen molar-refractivity contribution in [3.05, 3.63) is 58.7 Å². The Morgan fingerprint density at radius 3 is 2.95 bits per heavy atom. The molecule has 0 spiro atoms. The van der Waals surface area contributed by atoms with Crippen LogP contribution in [0.1, 0.15) is 11.1 Å². The number of hydrogen-bond donors (Lipinski definition) is 2. The Labute approximate surface area is 120 Å². The first-order chi connectivity index (χ1) is 9.86. The Balaban J connectivity index is 1.80. The monoisotopic (exact) mass is 286 g/mol. The second-order valence-electron chi connectivity index (χ2n) is 4.38. The van der Waals surface area contributed by atoms with E-state index in [1.807, 2.05) is 18.2 Å². The van der Waals surface area contributed by atoms with Gasteiger partial charge in [-0.05, 0) is 46.2 Å². The molecular formula is C15H14N2O2S. The van der Waals surface area contributed by atoms with Crippen molar-refractivity contribution in [2.75, 3.05) is 5.32 Å². The zero-order chi connectivity index (χ0) is 13.8. The Hall–Kier alpha value is -2.11. The highest BCUT2D eigenvalue weighted by Crippen LogP contribution is 2.26. The molecule has 0 fully saturated rings. The molecule has 2 aromatic heterocycles. The number of aliphatic hydroxyl groups is 1. The summed E-state index contributed by atoms with van der Waals surface area (Å²) in [5.74, 6) is 0.665. The SMILES string of the molecule is OCc1cc(NCc2ccsc2)ccc1-c1cnco1. The summed E-state index contributed by atoms with van der Waals surface area (Å²) in [6.07, 6.45) is 3.03. The van der Waals surface area contributed by atoms with Crippen LogP contribution in [0, 0.1) is 0 Å². The van der Waals surface area contributed by atoms with Gasteiger partial charge in [0.05, 0.1) is 12.8 Å². The van der Waals surface area contributed by atoms with Crippen molar-refractivity contribution in [2.45, 2.75) is 13.2 Å². The Morgan fingerprint density at radius 1 is 1.30 bits per heavy atom. The van der Waals surface area contributed by atoms with Crippen LogP contribution >= 0.6 is 11.3 Å². The second kappa shape index (κ2) is 5.90. The number of oxazole rings is 1. The van der Waals surface area contributed by atoms with Crippen LogP contribution < -0.4 is 5.32 Å². The van der Waals surface area contributed by atoms with Crippen LogP contribution in [0.2, 0.25) is 0 Å². The zero-order valence-corrected chi connectivity index (χ0v) is 11.6. The van der Waals surface area contributed by atoms with E-state index in [1.165, 1.54) is 12.0 Å². The number of anilines is 1. The van der Waals surface area contributed by atoms with Gasteiger partial charge in [0.25, 0.3) is 0 Å². The predicted octanol–water partition coefficient (Wildman–Crippen LogP) is 3.51. The van der Waals surface area contributed by atoms with Gasteiger partial charge in [0.15, 0.2) is 12.2 Å². The maximum absolute atomic E-state index is 9.51. The highest BCUT2D eigenvalue weighted by Gasteiger charge is 2.08. The minimum atomic E-state index is -0.0377. The Bertz CT molecular complexity index is 663. The van der Waals surface area contributed by atoms with E-state index in [2.05, 4.69) is 27.1 Å². The van der Waals surface area contributed by atoms with Crippen LogP contribution in [0.3, 0.4) is 0 Å². The molecule has 2 heterocycles. The van der Waals surface area contributed by atoms with Gasteiger partial charge in [-0.25, -0.2) is 4.98 Å². The smallest absolute Gasteiger partial charge is 0.181 e. The first-order valence-electron chi connectivity index (χ1n) is 6.24. The molecule has 0 amide bonds. The molecule has 2 N–H and O–H groups in total. The number of hydrogen-bond acceptors (Lipinski definition) is 5. The molecule has 0 saturated carbocycles. The van der Waals surface area contributed by atoms with E-state index >= 15 is 0 Å². The van der Waals surface area contributed by atoms with Crippen molar-refractivity contribution < 1.29 is 9.52 Å². The molecular weight excluding hydrogens is 272 g/mol. The summed E-state index contributed by atoms with van der Waals surface area (Å²) in [5.41, 5.74) is 3.91. The third-order valence-corrected chi connectivity index (χ3v) is 3.78. The van der Waals surface area contributed by atoms with Gasteiger partial charge >= 0.3 is 0 Å². The molecule has 0 aliphatic heterocycles. The zero-order valence-electron chi connectivity index (χ0n) is 10.7. The third-order valence-electron chi connectivity index (χ3n) is 3.05. The number of thiophene rings is 1. The van der Waals surface area contributed by atoms with Crippen molar-refractivity contribution in [2.24, 2.45) is 0 Å². The first-order valence-corrected chi connectivity index (χ1v) is 7.18. The summed E-state index contributed by atoms with van der Waals surface area (Å²) >= 11 is 1.68. The molecule has 0 bridgehead atoms. The third kappa shape index (κ3) is 2.74. The van der Waals surface area contributed by atoms with Crippen molar-refractivity contribution in [1.82, 2.24) is 4.98 Å². The fraction of sp³-hybridized carbons (Fsp3) is 0.133. The summed E-state index contributed by atoms with van der Waals surface area (Å²) in [7, 11) is 0. The van der Waals surface area contributed by atoms with E-state index in [4.69, 9.17) is 4.42 Å². The maximum atomic E-state index is 9.51. The van der Waals surface area contributed by atoms with Gasteiger partial charge in [0.2, 0.25) is 0 Å². The summed E-state index contributed by atoms with van der Waals surface area (Å²) in [6, 6.07) is 7.93. The highest BCUT2D eigenvalue weighted by atomic mass is 32.1. The molecule has 0 aliphatic carbocycles. The van der Waals surface area contributed by atoms with E-state index in [0.717, 1.165) is 23.4 Å². The summed E-state index contributed by atoms with van der Waals surface area (Å²) in [5, 5.41) is 17.0. The number of benzene rings is 1. The van der Waals surface area contributed by atoms with Crippen LogP contribution in [0.5, 0.6) is 0 Å². The lowest BCUT2D eigenvalue weighted by Gasteiger charge is -2.10. The average Bonchev–Trinajstić information content (AvgIpc) is 3.18. The van der Waals surface area contributed by atoms with E-state index in [-0.39, 0.29) is 6.61 Å². The molecule has 0 unspecified atom stereocenters. The minimum Gasteiger partial charge on any atom is -0.444 e. The van der Waals surface area contributed by atoms with Gasteiger partial charge < -0.3 is 14.8 Å². The van der Waals surface area contributed by atoms with Crippen molar-refractivity contribution >= 4 is 17.0 Å². The predicted molar refractivity (Wildman–Crippen MR) is 79.5 cm³/mol. The quantitative estimate of drug-likeness (QED) is 0.753. The lowest BCUT2D eigenvalue weighted by Crippen LogP contribution is -1.99. The number of nitrogens with one attached hydrogen (secondary N) is 1. The van der Waals surface area contributed by atoms with Gasteiger partial charge in [0, 0.05) is 17.8 Å². The standard InChI is InChI=1S/C15H14N2O2S/c18-8-12-5-13(17-6-11-3-4-20-9-11)1-2-14(12)15-7-16-10-19-15/h1-5,7,9-10,17-18H,6,8H2. The molecule has 0 atom stereocenters. The lowest BCUT2D eigenvalue weighted by molar-refractivity contribution is 0.282. The molecule has 5 heteroatoms. The lowest BCUT2D eigenvalue weighted by atomic mass is 10.1. The van der Waals surface area contributed by atoms with Crippen LogP contribution in [0.15, 0.2) is 52.0 Å². The number of nitrogens with zero attached hydrogens (tertiary/aromatic N) is 1. The number of rotatable bonds is 5. The van der Waals surface area contributed by atoms with Gasteiger partial charge in [-0.15, -0.1) is 0 Å². The van der Waals surface area contributed by atoms with E-state index < -0.39 is 0 Å². The molecule has 0 radical (unpaired) electrons. The number of aromatic nitrogens is 1. The fourth-order valence-corrected chi connectivity index (χ4v) is 2.69. The van der Waals surface area contributed by atoms with Crippen molar-refractivity contribution in [1.29, 1.82) is 0 Å². The van der Waals surface area contributed by atoms with Crippen molar-refractivity contribution in [3.8, 4) is 11.3 Å². The van der Waals surface area contributed by atoms with Crippen LogP contribution in [0.4, 0.5) is 5.69 Å². The summed E-state index contributed by atoms with van der Waals surface area (Å²) < 4.78 is 5.28. The summed E-state index contributed by atoms with van der Waals surface area (Å²) in [6.45, 7) is 0.736. The van der Waals surface area contributed by atoms with Gasteiger partial charge in [-0.3, -0.25) is 0 Å². The Morgan fingerprint density at radius 2 is 2.25 bits per heavy atom. The average molecular weight is 286 g/mol. The molecule has 0 saturated heterocycles. The van der Waals surface area contributed by atoms with Gasteiger partial charge in [0.1, 0.15) is 0 Å². The van der Waals surface area contributed by atoms with Crippen LogP contribution in [-0.4, -0.2) is 10.1 Å². The normalized spacial score (nSPS) is 10.7. The largest absolute Gasteiger partial charge is 0.444 e. The van der Waals surface area contributed by atoms with E-state index in [1.54, 1.807) is 17.5 Å². The molecule has 1 aromatic carbocycles. The second-order valence-corrected chi connectivity index (χ2v) is 5.16. The Kier molecular flexibility index (Phi) is 3.80. The molecule has 102 valence electrons. The van der Waals surface area contributed by atoms with Gasteiger partial charge in [-0.1, -0.05) is 0 Å². The first kappa shape index (κ1) is 12.9. The number of aliphatic hydroxyl groups excluding tert-OH is 1. The summed E-state index contributed by atoms with van der Waals surface area (Å²) in [4.78, 5) is 3.90. The van der Waals surface area contributed by atoms with E-state index in [9.17, 15) is 5.11 Å². The fourth-order valence-electron chi connectivity index (χ4n) is 2.02. The van der Waals surface area contributed by atoms with Gasteiger partial charge in [-0.2, -0.15) is 11.3 Å². The topological polar surface area (TPSA) is 58.3 Å². The molecule has 4 nitrogen and oxygen atoms in total. The van der Waals surface area contributed by atoms with Crippen LogP contribution in [0.25, 0.3) is 11.3 Å². The maximum Gasteiger partial charge on any atom is 0.181 e. The minimum absolute atomic E-state index is 0.0377. The highest BCUT2D eigenvalue weighted by molar-refractivity contribution is 7.07. The molecule has 20 heavy (non-hydrogen) atoms. The molecule has 0 aliphatic rings. The molecule has 3 rings (SSSR count). The van der Waals surface area contributed by atoms with Crippen molar-refractivity contribution in [3.63, 3.8) is 0 Å². The van der Waals surface area contributed by atoms with E-state index in [0.29, 0.717) is 5.76 Å². The molecule has 3 aromatic rings.